The Morgan fingerprint density at radius 2 is 1.57 bits per heavy atom. The molecule has 11 heteroatoms. The lowest BCUT2D eigenvalue weighted by molar-refractivity contribution is -0.121. The van der Waals surface area contributed by atoms with Gasteiger partial charge in [0, 0.05) is 33.7 Å². The first kappa shape index (κ1) is 33.1. The minimum atomic E-state index is -0.613. The third kappa shape index (κ3) is 7.29. The minimum Gasteiger partial charge on any atom is -0.496 e. The number of rotatable bonds is 10. The number of nitrogens with zero attached hydrogens (tertiary/aromatic N) is 2. The van der Waals surface area contributed by atoms with Gasteiger partial charge in [0.25, 0.3) is 11.8 Å². The Morgan fingerprint density at radius 1 is 0.863 bits per heavy atom. The number of anilines is 2. The van der Waals surface area contributed by atoms with E-state index in [4.69, 9.17) is 9.15 Å². The molecule has 6 aromatic rings. The summed E-state index contributed by atoms with van der Waals surface area (Å²) in [5.41, 5.74) is 4.12. The van der Waals surface area contributed by atoms with E-state index in [1.807, 2.05) is 30.3 Å². The van der Waals surface area contributed by atoms with Gasteiger partial charge in [0.1, 0.15) is 17.0 Å². The lowest BCUT2D eigenvalue weighted by atomic mass is 10.1. The molecule has 5 aromatic carbocycles. The van der Waals surface area contributed by atoms with Gasteiger partial charge in [-0.15, -0.1) is 11.8 Å². The number of thioether (sulfide) groups is 1. The van der Waals surface area contributed by atoms with Crippen LogP contribution in [0.5, 0.6) is 5.75 Å². The van der Waals surface area contributed by atoms with Gasteiger partial charge >= 0.3 is 0 Å². The molecule has 1 fully saturated rings. The maximum absolute atomic E-state index is 13.5. The van der Waals surface area contributed by atoms with Crippen molar-refractivity contribution in [3.63, 3.8) is 0 Å². The number of fused-ring (bicyclic) bond motifs is 1. The molecule has 0 aliphatic carbocycles. The molecule has 0 radical (unpaired) electrons. The van der Waals surface area contributed by atoms with E-state index < -0.39 is 17.1 Å². The number of benzene rings is 5. The molecule has 1 aliphatic heterocycles. The number of aromatic nitrogens is 1. The molecular formula is C40H30N4O6S. The second-order valence-corrected chi connectivity index (χ2v) is 12.8. The number of amides is 4. The van der Waals surface area contributed by atoms with Gasteiger partial charge in [-0.2, -0.15) is 0 Å². The van der Waals surface area contributed by atoms with Crippen molar-refractivity contribution in [2.45, 2.75) is 16.6 Å². The van der Waals surface area contributed by atoms with Crippen molar-refractivity contribution in [2.75, 3.05) is 17.3 Å². The molecule has 1 aromatic heterocycles. The topological polar surface area (TPSA) is 131 Å². The summed E-state index contributed by atoms with van der Waals surface area (Å²) in [6, 6.07) is 37.1. The number of carbonyl (C=O) groups excluding carboxylic acids is 4. The third-order valence-corrected chi connectivity index (χ3v) is 9.33. The van der Waals surface area contributed by atoms with Crippen molar-refractivity contribution in [3.8, 4) is 17.2 Å². The smallest absolute Gasteiger partial charge is 0.272 e. The number of oxazole rings is 1. The van der Waals surface area contributed by atoms with E-state index in [1.54, 1.807) is 103 Å². The summed E-state index contributed by atoms with van der Waals surface area (Å²) in [5.74, 6) is -0.591. The van der Waals surface area contributed by atoms with Gasteiger partial charge in [0.05, 0.1) is 18.0 Å². The van der Waals surface area contributed by atoms with E-state index in [1.165, 1.54) is 23.8 Å². The van der Waals surface area contributed by atoms with Crippen molar-refractivity contribution in [1.29, 1.82) is 0 Å². The van der Waals surface area contributed by atoms with Crippen LogP contribution in [-0.4, -0.2) is 41.0 Å². The van der Waals surface area contributed by atoms with Crippen molar-refractivity contribution in [3.05, 3.63) is 144 Å². The number of para-hydroxylation sites is 3. The molecule has 10 nitrogen and oxygen atoms in total. The molecule has 1 atom stereocenters. The fourth-order valence-corrected chi connectivity index (χ4v) is 6.63. The van der Waals surface area contributed by atoms with E-state index in [0.29, 0.717) is 39.7 Å². The molecule has 51 heavy (non-hydrogen) atoms. The summed E-state index contributed by atoms with van der Waals surface area (Å²) in [4.78, 5) is 59.4. The van der Waals surface area contributed by atoms with E-state index in [0.717, 1.165) is 16.0 Å². The summed E-state index contributed by atoms with van der Waals surface area (Å²) in [6.07, 6.45) is 1.60. The van der Waals surface area contributed by atoms with E-state index in [-0.39, 0.29) is 23.9 Å². The van der Waals surface area contributed by atoms with E-state index >= 15 is 0 Å². The maximum Gasteiger partial charge on any atom is 0.272 e. The van der Waals surface area contributed by atoms with E-state index in [9.17, 15) is 19.2 Å². The van der Waals surface area contributed by atoms with Crippen LogP contribution in [0, 0.1) is 0 Å². The fourth-order valence-electron chi connectivity index (χ4n) is 5.58. The van der Waals surface area contributed by atoms with Crippen LogP contribution in [0.2, 0.25) is 0 Å². The Bertz CT molecular complexity index is 2250. The van der Waals surface area contributed by atoms with Crippen LogP contribution in [0.15, 0.2) is 142 Å². The second-order valence-electron chi connectivity index (χ2n) is 11.5. The van der Waals surface area contributed by atoms with Crippen LogP contribution < -0.4 is 20.3 Å². The molecule has 0 saturated carbocycles. The average molecular weight is 695 g/mol. The van der Waals surface area contributed by atoms with Crippen LogP contribution in [0.1, 0.15) is 22.3 Å². The molecule has 2 heterocycles. The van der Waals surface area contributed by atoms with Gasteiger partial charge in [-0.3, -0.25) is 19.2 Å². The highest BCUT2D eigenvalue weighted by atomic mass is 32.2. The quantitative estimate of drug-likeness (QED) is 0.113. The zero-order valence-electron chi connectivity index (χ0n) is 27.2. The number of nitrogens with one attached hydrogen (secondary N) is 2. The lowest BCUT2D eigenvalue weighted by Gasteiger charge is -2.15. The van der Waals surface area contributed by atoms with Gasteiger partial charge in [0.15, 0.2) is 5.58 Å². The highest BCUT2D eigenvalue weighted by Gasteiger charge is 2.40. The Labute approximate surface area is 297 Å². The number of hydrogen-bond donors (Lipinski definition) is 2. The predicted molar refractivity (Wildman–Crippen MR) is 196 cm³/mol. The number of carbonyl (C=O) groups is 4. The molecule has 252 valence electrons. The van der Waals surface area contributed by atoms with Crippen molar-refractivity contribution in [1.82, 2.24) is 10.3 Å². The van der Waals surface area contributed by atoms with Crippen LogP contribution >= 0.6 is 11.8 Å². The maximum atomic E-state index is 13.5. The molecular weight excluding hydrogens is 665 g/mol. The zero-order valence-corrected chi connectivity index (χ0v) is 28.1. The van der Waals surface area contributed by atoms with Gasteiger partial charge < -0.3 is 19.8 Å². The summed E-state index contributed by atoms with van der Waals surface area (Å²) >= 11 is 1.28. The van der Waals surface area contributed by atoms with Gasteiger partial charge in [-0.05, 0) is 84.9 Å². The normalized spacial score (nSPS) is 14.5. The predicted octanol–water partition coefficient (Wildman–Crippen LogP) is 7.34. The number of hydrogen-bond acceptors (Lipinski definition) is 8. The Balaban J connectivity index is 1.02. The van der Waals surface area contributed by atoms with Gasteiger partial charge in [0.2, 0.25) is 17.7 Å². The van der Waals surface area contributed by atoms with Gasteiger partial charge in [-0.25, -0.2) is 9.88 Å². The second kappa shape index (κ2) is 14.6. The fraction of sp³-hybridized carbons (Fsp3) is 0.0750. The standard InChI is InChI=1S/C40H30N4O6S/c1-49-33-13-7-5-11-27(33)23-32(42-37(46)25-9-3-2-4-10-25)38(47)41-28-17-21-30(22-18-28)51-35-24-36(45)44(40(35)48)29-19-15-26(16-20-29)39-43-31-12-6-8-14-34(31)50-39/h2-23,35H,24H2,1H3,(H,41,47)(H,42,46)/b32-23-. The Kier molecular flexibility index (Phi) is 9.44. The zero-order chi connectivity index (χ0) is 35.3. The first-order chi connectivity index (χ1) is 24.9. The first-order valence-electron chi connectivity index (χ1n) is 16.0. The average Bonchev–Trinajstić information content (AvgIpc) is 3.72. The number of ether oxygens (including phenoxy) is 1. The molecule has 0 bridgehead atoms. The van der Waals surface area contributed by atoms with Crippen LogP contribution in [0.25, 0.3) is 28.6 Å². The minimum absolute atomic E-state index is 0.0174. The molecule has 4 amide bonds. The summed E-state index contributed by atoms with van der Waals surface area (Å²) in [7, 11) is 1.53. The van der Waals surface area contributed by atoms with Crippen molar-refractivity contribution < 1.29 is 28.3 Å². The van der Waals surface area contributed by atoms with Gasteiger partial charge in [-0.1, -0.05) is 48.5 Å². The molecule has 7 rings (SSSR count). The van der Waals surface area contributed by atoms with Crippen LogP contribution in [0.4, 0.5) is 11.4 Å². The number of imide groups is 1. The Hall–Kier alpha value is -6.46. The molecule has 0 spiro atoms. The van der Waals surface area contributed by atoms with Crippen molar-refractivity contribution in [2.24, 2.45) is 0 Å². The third-order valence-electron chi connectivity index (χ3n) is 8.13. The van der Waals surface area contributed by atoms with E-state index in [2.05, 4.69) is 15.6 Å². The molecule has 1 unspecified atom stereocenters. The monoisotopic (exact) mass is 694 g/mol. The summed E-state index contributed by atoms with van der Waals surface area (Å²) < 4.78 is 11.3. The van der Waals surface area contributed by atoms with Crippen LogP contribution in [-0.2, 0) is 14.4 Å². The molecule has 1 saturated heterocycles. The summed E-state index contributed by atoms with van der Waals surface area (Å²) in [5, 5.41) is 4.95. The molecule has 2 N–H and O–H groups in total. The highest BCUT2D eigenvalue weighted by molar-refractivity contribution is 8.00. The van der Waals surface area contributed by atoms with Crippen molar-refractivity contribution >= 4 is 63.9 Å². The largest absolute Gasteiger partial charge is 0.496 e. The number of methoxy groups -OCH3 is 1. The Morgan fingerprint density at radius 3 is 2.31 bits per heavy atom. The van der Waals surface area contributed by atoms with Crippen LogP contribution in [0.3, 0.4) is 0 Å². The first-order valence-corrected chi connectivity index (χ1v) is 16.9. The lowest BCUT2D eigenvalue weighted by Crippen LogP contribution is -2.31. The SMILES string of the molecule is COc1ccccc1/C=C(\NC(=O)c1ccccc1)C(=O)Nc1ccc(SC2CC(=O)N(c3ccc(-c4nc5ccccc5o4)cc3)C2=O)cc1. The summed E-state index contributed by atoms with van der Waals surface area (Å²) in [6.45, 7) is 0. The highest BCUT2D eigenvalue weighted by Crippen LogP contribution is 2.35. The molecule has 1 aliphatic rings.